The maximum Gasteiger partial charge on any atom is 0.233 e. The van der Waals surface area contributed by atoms with Crippen molar-refractivity contribution in [2.45, 2.75) is 49.9 Å². The summed E-state index contributed by atoms with van der Waals surface area (Å²) in [5.41, 5.74) is 3.98. The van der Waals surface area contributed by atoms with Crippen LogP contribution in [0.3, 0.4) is 0 Å². The van der Waals surface area contributed by atoms with E-state index in [1.54, 1.807) is 11.3 Å². The zero-order chi connectivity index (χ0) is 17.1. The van der Waals surface area contributed by atoms with Crippen LogP contribution < -0.4 is 5.32 Å². The highest BCUT2D eigenvalue weighted by Crippen LogP contribution is 2.33. The number of amides is 1. The van der Waals surface area contributed by atoms with Crippen LogP contribution in [-0.2, 0) is 24.2 Å². The molecule has 24 heavy (non-hydrogen) atoms. The number of fused-ring (bicyclic) bond motifs is 1. The standard InChI is InChI=1S/C18H19N3OS2/c1-11-14-6-3-7-16(14)21-18(15(11)9-19)24-12(2)17(22)20-10-13-5-4-8-23-13/h4-5,8,12H,3,6-7,10H2,1-2H3,(H,20,22). The minimum absolute atomic E-state index is 0.0303. The van der Waals surface area contributed by atoms with Gasteiger partial charge in [-0.05, 0) is 55.7 Å². The lowest BCUT2D eigenvalue weighted by Crippen LogP contribution is -2.30. The van der Waals surface area contributed by atoms with Crippen LogP contribution in [0.15, 0.2) is 22.5 Å². The molecule has 0 aromatic carbocycles. The summed E-state index contributed by atoms with van der Waals surface area (Å²) in [5.74, 6) is -0.0303. The number of nitrogens with zero attached hydrogens (tertiary/aromatic N) is 2. The van der Waals surface area contributed by atoms with Crippen molar-refractivity contribution in [3.63, 3.8) is 0 Å². The molecule has 0 saturated heterocycles. The van der Waals surface area contributed by atoms with Crippen LogP contribution in [0.4, 0.5) is 0 Å². The van der Waals surface area contributed by atoms with Crippen molar-refractivity contribution >= 4 is 29.0 Å². The molecule has 0 radical (unpaired) electrons. The average Bonchev–Trinajstić information content (AvgIpc) is 3.24. The maximum absolute atomic E-state index is 12.3. The summed E-state index contributed by atoms with van der Waals surface area (Å²) in [7, 11) is 0. The van der Waals surface area contributed by atoms with Crippen molar-refractivity contribution in [2.75, 3.05) is 0 Å². The first-order valence-electron chi connectivity index (χ1n) is 7.99. The minimum atomic E-state index is -0.289. The zero-order valence-electron chi connectivity index (χ0n) is 13.8. The Labute approximate surface area is 150 Å². The molecule has 124 valence electrons. The number of rotatable bonds is 5. The lowest BCUT2D eigenvalue weighted by atomic mass is 10.0. The Morgan fingerprint density at radius 1 is 1.54 bits per heavy atom. The molecule has 1 atom stereocenters. The molecule has 4 nitrogen and oxygen atoms in total. The first kappa shape index (κ1) is 17.0. The van der Waals surface area contributed by atoms with E-state index in [0.29, 0.717) is 17.1 Å². The van der Waals surface area contributed by atoms with Gasteiger partial charge in [0.2, 0.25) is 5.91 Å². The molecule has 3 rings (SSSR count). The van der Waals surface area contributed by atoms with Crippen LogP contribution in [0.1, 0.15) is 40.6 Å². The van der Waals surface area contributed by atoms with Crippen molar-refractivity contribution in [1.29, 1.82) is 5.26 Å². The van der Waals surface area contributed by atoms with Gasteiger partial charge in [-0.25, -0.2) is 4.98 Å². The van der Waals surface area contributed by atoms with E-state index in [1.165, 1.54) is 17.3 Å². The summed E-state index contributed by atoms with van der Waals surface area (Å²) in [6.07, 6.45) is 3.07. The molecule has 0 aliphatic heterocycles. The van der Waals surface area contributed by atoms with Crippen LogP contribution in [0, 0.1) is 18.3 Å². The summed E-state index contributed by atoms with van der Waals surface area (Å²) in [4.78, 5) is 18.1. The fourth-order valence-electron chi connectivity index (χ4n) is 2.91. The monoisotopic (exact) mass is 357 g/mol. The molecular weight excluding hydrogens is 338 g/mol. The molecular formula is C18H19N3OS2. The van der Waals surface area contributed by atoms with Gasteiger partial charge in [-0.2, -0.15) is 5.26 Å². The Kier molecular flexibility index (Phi) is 5.22. The number of thiophene rings is 1. The Morgan fingerprint density at radius 2 is 2.38 bits per heavy atom. The molecule has 1 amide bonds. The van der Waals surface area contributed by atoms with Crippen molar-refractivity contribution in [3.05, 3.63) is 44.8 Å². The lowest BCUT2D eigenvalue weighted by molar-refractivity contribution is -0.120. The van der Waals surface area contributed by atoms with Crippen molar-refractivity contribution < 1.29 is 4.79 Å². The predicted octanol–water partition coefficient (Wildman–Crippen LogP) is 3.61. The van der Waals surface area contributed by atoms with Gasteiger partial charge in [0.05, 0.1) is 17.4 Å². The fourth-order valence-corrected chi connectivity index (χ4v) is 4.56. The van der Waals surface area contributed by atoms with Crippen molar-refractivity contribution in [3.8, 4) is 6.07 Å². The van der Waals surface area contributed by atoms with E-state index in [0.717, 1.165) is 35.4 Å². The maximum atomic E-state index is 12.3. The van der Waals surface area contributed by atoms with Crippen molar-refractivity contribution in [1.82, 2.24) is 10.3 Å². The molecule has 0 fully saturated rings. The average molecular weight is 358 g/mol. The van der Waals surface area contributed by atoms with Gasteiger partial charge >= 0.3 is 0 Å². The van der Waals surface area contributed by atoms with Gasteiger partial charge in [0.15, 0.2) is 0 Å². The SMILES string of the molecule is Cc1c(C#N)c(SC(C)C(=O)NCc2cccs2)nc2c1CCC2. The van der Waals surface area contributed by atoms with Gasteiger partial charge in [-0.15, -0.1) is 11.3 Å². The van der Waals surface area contributed by atoms with Gasteiger partial charge in [0, 0.05) is 10.6 Å². The third-order valence-corrected chi connectivity index (χ3v) is 6.22. The largest absolute Gasteiger partial charge is 0.350 e. The van der Waals surface area contributed by atoms with Gasteiger partial charge in [-0.1, -0.05) is 17.8 Å². The van der Waals surface area contributed by atoms with Gasteiger partial charge < -0.3 is 5.32 Å². The Hall–Kier alpha value is -1.84. The van der Waals surface area contributed by atoms with E-state index >= 15 is 0 Å². The second kappa shape index (κ2) is 7.37. The number of aromatic nitrogens is 1. The predicted molar refractivity (Wildman–Crippen MR) is 97.2 cm³/mol. The second-order valence-electron chi connectivity index (χ2n) is 5.86. The van der Waals surface area contributed by atoms with Crippen LogP contribution >= 0.6 is 23.1 Å². The number of hydrogen-bond acceptors (Lipinski definition) is 5. The number of carbonyl (C=O) groups excluding carboxylic acids is 1. The number of pyridine rings is 1. The van der Waals surface area contributed by atoms with Gasteiger partial charge in [0.1, 0.15) is 11.1 Å². The van der Waals surface area contributed by atoms with Crippen LogP contribution in [0.25, 0.3) is 0 Å². The normalized spacial score (nSPS) is 14.0. The Bertz CT molecular complexity index is 794. The number of nitriles is 1. The molecule has 0 spiro atoms. The lowest BCUT2D eigenvalue weighted by Gasteiger charge is -2.15. The summed E-state index contributed by atoms with van der Waals surface area (Å²) in [6.45, 7) is 4.40. The number of hydrogen-bond donors (Lipinski definition) is 1. The molecule has 6 heteroatoms. The summed E-state index contributed by atoms with van der Waals surface area (Å²) in [6, 6.07) is 6.25. The molecule has 0 saturated carbocycles. The highest BCUT2D eigenvalue weighted by atomic mass is 32.2. The first-order valence-corrected chi connectivity index (χ1v) is 9.75. The van der Waals surface area contributed by atoms with Crippen LogP contribution in [0.2, 0.25) is 0 Å². The highest BCUT2D eigenvalue weighted by molar-refractivity contribution is 8.00. The van der Waals surface area contributed by atoms with Gasteiger partial charge in [0.25, 0.3) is 0 Å². The van der Waals surface area contributed by atoms with E-state index in [1.807, 2.05) is 31.4 Å². The number of nitrogens with one attached hydrogen (secondary N) is 1. The molecule has 2 aromatic heterocycles. The van der Waals surface area contributed by atoms with Crippen LogP contribution in [-0.4, -0.2) is 16.1 Å². The molecule has 1 unspecified atom stereocenters. The van der Waals surface area contributed by atoms with Crippen LogP contribution in [0.5, 0.6) is 0 Å². The molecule has 2 aromatic rings. The Balaban J connectivity index is 1.72. The third-order valence-electron chi connectivity index (χ3n) is 4.25. The summed E-state index contributed by atoms with van der Waals surface area (Å²) >= 11 is 3.00. The molecule has 0 bridgehead atoms. The molecule has 1 N–H and O–H groups in total. The minimum Gasteiger partial charge on any atom is -0.350 e. The molecule has 1 aliphatic rings. The van der Waals surface area contributed by atoms with E-state index in [9.17, 15) is 10.1 Å². The topological polar surface area (TPSA) is 65.8 Å². The second-order valence-corrected chi connectivity index (χ2v) is 8.23. The van der Waals surface area contributed by atoms with E-state index in [2.05, 4.69) is 16.4 Å². The quantitative estimate of drug-likeness (QED) is 0.830. The molecule has 2 heterocycles. The molecule has 1 aliphatic carbocycles. The first-order chi connectivity index (χ1) is 11.6. The Morgan fingerprint density at radius 3 is 3.08 bits per heavy atom. The van der Waals surface area contributed by atoms with E-state index in [4.69, 9.17) is 0 Å². The fraction of sp³-hybridized carbons (Fsp3) is 0.389. The summed E-state index contributed by atoms with van der Waals surface area (Å²) < 4.78 is 0. The highest BCUT2D eigenvalue weighted by Gasteiger charge is 2.23. The smallest absolute Gasteiger partial charge is 0.233 e. The third kappa shape index (κ3) is 3.47. The number of carbonyl (C=O) groups is 1. The van der Waals surface area contributed by atoms with Gasteiger partial charge in [-0.3, -0.25) is 4.79 Å². The number of aryl methyl sites for hydroxylation is 1. The zero-order valence-corrected chi connectivity index (χ0v) is 15.4. The van der Waals surface area contributed by atoms with E-state index < -0.39 is 0 Å². The van der Waals surface area contributed by atoms with Crippen molar-refractivity contribution in [2.24, 2.45) is 0 Å². The van der Waals surface area contributed by atoms with E-state index in [-0.39, 0.29) is 11.2 Å². The summed E-state index contributed by atoms with van der Waals surface area (Å²) in [5, 5.41) is 14.9. The number of thioether (sulfide) groups is 1.